The zero-order valence-electron chi connectivity index (χ0n) is 11.1. The number of carbonyl (C=O) groups is 1. The van der Waals surface area contributed by atoms with Crippen molar-refractivity contribution >= 4 is 17.4 Å². The lowest BCUT2D eigenvalue weighted by Gasteiger charge is -2.17. The molecule has 104 valence electrons. The van der Waals surface area contributed by atoms with Gasteiger partial charge >= 0.3 is 0 Å². The zero-order chi connectivity index (χ0) is 13.7. The molecule has 1 aliphatic rings. The first kappa shape index (κ1) is 13.8. The quantitative estimate of drug-likeness (QED) is 0.813. The Balaban J connectivity index is 1.92. The summed E-state index contributed by atoms with van der Waals surface area (Å²) in [5.41, 5.74) is 6.73. The highest BCUT2D eigenvalue weighted by atomic mass is 16.5. The maximum absolute atomic E-state index is 11.7. The lowest BCUT2D eigenvalue weighted by molar-refractivity contribution is -0.118. The summed E-state index contributed by atoms with van der Waals surface area (Å²) in [6, 6.07) is 3.09. The molecule has 0 spiro atoms. The molecule has 3 N–H and O–H groups in total. The van der Waals surface area contributed by atoms with Crippen LogP contribution in [0.2, 0.25) is 0 Å². The van der Waals surface area contributed by atoms with Crippen LogP contribution >= 0.6 is 0 Å². The second-order valence-corrected chi connectivity index (χ2v) is 4.65. The van der Waals surface area contributed by atoms with Crippen LogP contribution in [-0.2, 0) is 9.53 Å². The summed E-state index contributed by atoms with van der Waals surface area (Å²) in [5.74, 6) is 0.225. The van der Waals surface area contributed by atoms with Gasteiger partial charge in [0.15, 0.2) is 0 Å². The highest BCUT2D eigenvalue weighted by Gasteiger charge is 2.15. The van der Waals surface area contributed by atoms with Gasteiger partial charge in [0, 0.05) is 20.2 Å². The zero-order valence-corrected chi connectivity index (χ0v) is 11.1. The highest BCUT2D eigenvalue weighted by Crippen LogP contribution is 2.20. The molecule has 0 aliphatic carbocycles. The van der Waals surface area contributed by atoms with Gasteiger partial charge in [-0.1, -0.05) is 0 Å². The van der Waals surface area contributed by atoms with Crippen molar-refractivity contribution in [3.63, 3.8) is 0 Å². The number of nitrogens with two attached hydrogens (primary N) is 1. The van der Waals surface area contributed by atoms with E-state index in [0.717, 1.165) is 18.8 Å². The standard InChI is InChI=1S/C13H20N4O2/c1-19-9-11(14)13(18)16-12-5-4-10(8-15-12)17-6-2-3-7-17/h4-5,8,11H,2-3,6-7,9,14H2,1H3,(H,15,16,18). The molecule has 19 heavy (non-hydrogen) atoms. The fraction of sp³-hybridized carbons (Fsp3) is 0.538. The van der Waals surface area contributed by atoms with E-state index in [0.29, 0.717) is 5.82 Å². The Morgan fingerprint density at radius 3 is 2.84 bits per heavy atom. The van der Waals surface area contributed by atoms with Gasteiger partial charge in [0.2, 0.25) is 5.91 Å². The Bertz CT molecular complexity index is 415. The van der Waals surface area contributed by atoms with Crippen LogP contribution in [0, 0.1) is 0 Å². The number of pyridine rings is 1. The number of methoxy groups -OCH3 is 1. The van der Waals surface area contributed by atoms with Crippen LogP contribution in [0.3, 0.4) is 0 Å². The topological polar surface area (TPSA) is 80.5 Å². The van der Waals surface area contributed by atoms with Crippen molar-refractivity contribution in [2.45, 2.75) is 18.9 Å². The SMILES string of the molecule is COCC(N)C(=O)Nc1ccc(N2CCCC2)cn1. The summed E-state index contributed by atoms with van der Waals surface area (Å²) >= 11 is 0. The van der Waals surface area contributed by atoms with Crippen LogP contribution in [0.15, 0.2) is 18.3 Å². The Morgan fingerprint density at radius 1 is 1.53 bits per heavy atom. The third-order valence-corrected chi connectivity index (χ3v) is 3.15. The molecule has 1 atom stereocenters. The van der Waals surface area contributed by atoms with Crippen molar-refractivity contribution in [1.29, 1.82) is 0 Å². The third kappa shape index (κ3) is 3.65. The molecule has 1 amide bonds. The first-order chi connectivity index (χ1) is 9.20. The van der Waals surface area contributed by atoms with E-state index < -0.39 is 6.04 Å². The second kappa shape index (κ2) is 6.49. The monoisotopic (exact) mass is 264 g/mol. The smallest absolute Gasteiger partial charge is 0.244 e. The van der Waals surface area contributed by atoms with E-state index in [-0.39, 0.29) is 12.5 Å². The highest BCUT2D eigenvalue weighted by molar-refractivity contribution is 5.94. The molecule has 1 unspecified atom stereocenters. The fourth-order valence-corrected chi connectivity index (χ4v) is 2.10. The number of ether oxygens (including phenoxy) is 1. The average Bonchev–Trinajstić information content (AvgIpc) is 2.94. The van der Waals surface area contributed by atoms with E-state index in [1.165, 1.54) is 20.0 Å². The Hall–Kier alpha value is -1.66. The van der Waals surface area contributed by atoms with Crippen molar-refractivity contribution in [3.8, 4) is 0 Å². The molecule has 0 aromatic carbocycles. The van der Waals surface area contributed by atoms with Crippen molar-refractivity contribution in [1.82, 2.24) is 4.98 Å². The lowest BCUT2D eigenvalue weighted by Crippen LogP contribution is -2.39. The van der Waals surface area contributed by atoms with Gasteiger partial charge in [0.1, 0.15) is 11.9 Å². The predicted octanol–water partition coefficient (Wildman–Crippen LogP) is 0.594. The summed E-state index contributed by atoms with van der Waals surface area (Å²) in [7, 11) is 1.51. The molecular weight excluding hydrogens is 244 g/mol. The number of hydrogen-bond donors (Lipinski definition) is 2. The van der Waals surface area contributed by atoms with Gasteiger partial charge in [-0.05, 0) is 25.0 Å². The molecule has 0 saturated carbocycles. The van der Waals surface area contributed by atoms with Crippen molar-refractivity contribution in [3.05, 3.63) is 18.3 Å². The summed E-state index contributed by atoms with van der Waals surface area (Å²) < 4.78 is 4.84. The van der Waals surface area contributed by atoms with Crippen molar-refractivity contribution in [2.24, 2.45) is 5.73 Å². The van der Waals surface area contributed by atoms with E-state index in [9.17, 15) is 4.79 Å². The molecule has 0 radical (unpaired) electrons. The Labute approximate surface area is 112 Å². The Kier molecular flexibility index (Phi) is 4.70. The fourth-order valence-electron chi connectivity index (χ4n) is 2.10. The number of carbonyl (C=O) groups excluding carboxylic acids is 1. The molecule has 1 saturated heterocycles. The van der Waals surface area contributed by atoms with Gasteiger partial charge in [-0.3, -0.25) is 4.79 Å². The number of anilines is 2. The number of hydrogen-bond acceptors (Lipinski definition) is 5. The predicted molar refractivity (Wildman–Crippen MR) is 74.2 cm³/mol. The molecule has 1 aromatic heterocycles. The molecule has 2 heterocycles. The molecule has 6 nitrogen and oxygen atoms in total. The van der Waals surface area contributed by atoms with Crippen LogP contribution < -0.4 is 16.0 Å². The minimum absolute atomic E-state index is 0.192. The summed E-state index contributed by atoms with van der Waals surface area (Å²) in [6.07, 6.45) is 4.23. The first-order valence-corrected chi connectivity index (χ1v) is 6.47. The molecule has 6 heteroatoms. The number of aromatic nitrogens is 1. The average molecular weight is 264 g/mol. The number of nitrogens with zero attached hydrogens (tertiary/aromatic N) is 2. The molecular formula is C13H20N4O2. The number of nitrogens with one attached hydrogen (secondary N) is 1. The maximum atomic E-state index is 11.7. The van der Waals surface area contributed by atoms with E-state index in [2.05, 4.69) is 15.2 Å². The normalized spacial score (nSPS) is 16.4. The molecule has 1 aromatic rings. The minimum Gasteiger partial charge on any atom is -0.383 e. The minimum atomic E-state index is -0.676. The van der Waals surface area contributed by atoms with E-state index in [1.54, 1.807) is 12.3 Å². The van der Waals surface area contributed by atoms with Crippen LogP contribution in [0.5, 0.6) is 0 Å². The molecule has 1 fully saturated rings. The van der Waals surface area contributed by atoms with Gasteiger partial charge < -0.3 is 20.7 Å². The van der Waals surface area contributed by atoms with Crippen LogP contribution in [0.25, 0.3) is 0 Å². The molecule has 1 aliphatic heterocycles. The van der Waals surface area contributed by atoms with Gasteiger partial charge in [0.05, 0.1) is 18.5 Å². The number of amides is 1. The Morgan fingerprint density at radius 2 is 2.26 bits per heavy atom. The molecule has 2 rings (SSSR count). The largest absolute Gasteiger partial charge is 0.383 e. The van der Waals surface area contributed by atoms with Crippen LogP contribution in [0.1, 0.15) is 12.8 Å². The second-order valence-electron chi connectivity index (χ2n) is 4.65. The van der Waals surface area contributed by atoms with E-state index in [1.807, 2.05) is 6.07 Å². The first-order valence-electron chi connectivity index (χ1n) is 6.47. The van der Waals surface area contributed by atoms with Gasteiger partial charge in [-0.25, -0.2) is 4.98 Å². The van der Waals surface area contributed by atoms with E-state index in [4.69, 9.17) is 10.5 Å². The van der Waals surface area contributed by atoms with E-state index >= 15 is 0 Å². The molecule has 0 bridgehead atoms. The number of rotatable bonds is 5. The maximum Gasteiger partial charge on any atom is 0.244 e. The van der Waals surface area contributed by atoms with Gasteiger partial charge in [0.25, 0.3) is 0 Å². The van der Waals surface area contributed by atoms with Crippen molar-refractivity contribution < 1.29 is 9.53 Å². The van der Waals surface area contributed by atoms with Crippen LogP contribution in [0.4, 0.5) is 11.5 Å². The summed E-state index contributed by atoms with van der Waals surface area (Å²) in [4.78, 5) is 18.2. The van der Waals surface area contributed by atoms with Crippen LogP contribution in [-0.4, -0.2) is 43.7 Å². The lowest BCUT2D eigenvalue weighted by atomic mass is 10.3. The van der Waals surface area contributed by atoms with Gasteiger partial charge in [-0.15, -0.1) is 0 Å². The summed E-state index contributed by atoms with van der Waals surface area (Å²) in [5, 5.41) is 2.67. The third-order valence-electron chi connectivity index (χ3n) is 3.15. The van der Waals surface area contributed by atoms with Crippen molar-refractivity contribution in [2.75, 3.05) is 37.0 Å². The summed E-state index contributed by atoms with van der Waals surface area (Å²) in [6.45, 7) is 2.34. The van der Waals surface area contributed by atoms with Gasteiger partial charge in [-0.2, -0.15) is 0 Å².